The number of rotatable bonds is 4. The number of benzene rings is 1. The minimum absolute atomic E-state index is 0.243. The number of ether oxygens (including phenoxy) is 1. The molecule has 0 bridgehead atoms. The highest BCUT2D eigenvalue weighted by atomic mass is 19.1. The summed E-state index contributed by atoms with van der Waals surface area (Å²) >= 11 is 0. The van der Waals surface area contributed by atoms with Crippen molar-refractivity contribution in [2.24, 2.45) is 0 Å². The van der Waals surface area contributed by atoms with Crippen molar-refractivity contribution in [2.75, 3.05) is 25.5 Å². The fourth-order valence-corrected chi connectivity index (χ4v) is 2.78. The van der Waals surface area contributed by atoms with Crippen LogP contribution in [0.2, 0.25) is 0 Å². The van der Waals surface area contributed by atoms with Gasteiger partial charge in [0.1, 0.15) is 11.3 Å². The van der Waals surface area contributed by atoms with E-state index in [0.717, 1.165) is 0 Å². The van der Waals surface area contributed by atoms with Crippen LogP contribution < -0.4 is 10.6 Å². The molecular weight excluding hydrogens is 299 g/mol. The Balaban J connectivity index is 1.77. The Morgan fingerprint density at radius 1 is 1.43 bits per heavy atom. The number of anilines is 1. The summed E-state index contributed by atoms with van der Waals surface area (Å²) in [6, 6.07) is 6.25. The molecule has 1 fully saturated rings. The zero-order valence-electron chi connectivity index (χ0n) is 12.9. The number of hydrogen-bond acceptors (Lipinski definition) is 4. The molecule has 2 aromatic rings. The van der Waals surface area contributed by atoms with Gasteiger partial charge >= 0.3 is 0 Å². The van der Waals surface area contributed by atoms with Gasteiger partial charge in [0.2, 0.25) is 0 Å². The molecular formula is C16H19FN4O2. The topological polar surface area (TPSA) is 68.2 Å². The molecule has 1 aliphatic rings. The number of nitrogens with zero attached hydrogens (tertiary/aromatic N) is 2. The first-order chi connectivity index (χ1) is 11.1. The highest BCUT2D eigenvalue weighted by Gasteiger charge is 2.39. The number of nitrogens with one attached hydrogen (secondary N) is 2. The van der Waals surface area contributed by atoms with Crippen LogP contribution in [0.15, 0.2) is 36.7 Å². The number of carbonyl (C=O) groups is 1. The summed E-state index contributed by atoms with van der Waals surface area (Å²) in [5, 5.41) is 9.95. The monoisotopic (exact) mass is 318 g/mol. The quantitative estimate of drug-likeness (QED) is 0.901. The second-order valence-electron chi connectivity index (χ2n) is 5.52. The second kappa shape index (κ2) is 6.47. The van der Waals surface area contributed by atoms with Gasteiger partial charge in [-0.25, -0.2) is 9.07 Å². The van der Waals surface area contributed by atoms with Gasteiger partial charge in [-0.05, 0) is 50.2 Å². The normalized spacial score (nSPS) is 17.0. The molecule has 3 rings (SSSR count). The maximum atomic E-state index is 14.2. The largest absolute Gasteiger partial charge is 0.368 e. The molecule has 0 saturated carbocycles. The van der Waals surface area contributed by atoms with Crippen LogP contribution in [-0.4, -0.2) is 41.5 Å². The molecule has 1 amide bonds. The van der Waals surface area contributed by atoms with Crippen LogP contribution >= 0.6 is 0 Å². The van der Waals surface area contributed by atoms with Crippen molar-refractivity contribution in [1.29, 1.82) is 0 Å². The van der Waals surface area contributed by atoms with Crippen LogP contribution in [0.3, 0.4) is 0 Å². The Morgan fingerprint density at radius 3 is 2.83 bits per heavy atom. The van der Waals surface area contributed by atoms with Crippen molar-refractivity contribution in [3.63, 3.8) is 0 Å². The third-order valence-corrected chi connectivity index (χ3v) is 4.17. The fourth-order valence-electron chi connectivity index (χ4n) is 2.78. The first-order valence-electron chi connectivity index (χ1n) is 7.51. The van der Waals surface area contributed by atoms with Gasteiger partial charge in [0.15, 0.2) is 5.82 Å². The summed E-state index contributed by atoms with van der Waals surface area (Å²) in [6.45, 7) is 1.43. The van der Waals surface area contributed by atoms with Crippen molar-refractivity contribution < 1.29 is 13.9 Å². The number of methoxy groups -OCH3 is 1. The molecule has 0 atom stereocenters. The van der Waals surface area contributed by atoms with E-state index in [-0.39, 0.29) is 5.91 Å². The fraction of sp³-hybridized carbons (Fsp3) is 0.375. The van der Waals surface area contributed by atoms with Crippen molar-refractivity contribution in [3.8, 4) is 5.69 Å². The molecule has 7 heteroatoms. The number of amides is 1. The number of piperidine rings is 1. The van der Waals surface area contributed by atoms with Crippen molar-refractivity contribution in [3.05, 3.63) is 42.5 Å². The van der Waals surface area contributed by atoms with Gasteiger partial charge in [-0.15, -0.1) is 0 Å². The highest BCUT2D eigenvalue weighted by Crippen LogP contribution is 2.25. The third kappa shape index (κ3) is 3.11. The average molecular weight is 318 g/mol. The van der Waals surface area contributed by atoms with E-state index < -0.39 is 11.4 Å². The maximum absolute atomic E-state index is 14.2. The number of hydrogen-bond donors (Lipinski definition) is 2. The van der Waals surface area contributed by atoms with E-state index in [1.165, 1.54) is 17.9 Å². The number of carbonyl (C=O) groups excluding carboxylic acids is 1. The molecule has 6 nitrogen and oxygen atoms in total. The molecule has 1 aromatic carbocycles. The first kappa shape index (κ1) is 15.6. The molecule has 2 N–H and O–H groups in total. The van der Waals surface area contributed by atoms with Gasteiger partial charge in [-0.2, -0.15) is 5.10 Å². The van der Waals surface area contributed by atoms with Gasteiger partial charge < -0.3 is 15.4 Å². The van der Waals surface area contributed by atoms with Gasteiger partial charge in [0, 0.05) is 25.2 Å². The minimum atomic E-state index is -0.859. The Morgan fingerprint density at radius 2 is 2.22 bits per heavy atom. The van der Waals surface area contributed by atoms with Crippen LogP contribution in [-0.2, 0) is 9.53 Å². The molecule has 1 saturated heterocycles. The summed E-state index contributed by atoms with van der Waals surface area (Å²) in [6.07, 6.45) is 4.41. The van der Waals surface area contributed by atoms with E-state index >= 15 is 0 Å². The van der Waals surface area contributed by atoms with Crippen LogP contribution in [0.5, 0.6) is 0 Å². The van der Waals surface area contributed by atoms with Crippen molar-refractivity contribution in [1.82, 2.24) is 15.1 Å². The summed E-state index contributed by atoms with van der Waals surface area (Å²) in [4.78, 5) is 12.5. The molecule has 122 valence electrons. The van der Waals surface area contributed by atoms with Gasteiger partial charge in [0.05, 0.1) is 0 Å². The predicted octanol–water partition coefficient (Wildman–Crippen LogP) is 1.72. The Hall–Kier alpha value is -2.25. The number of halogens is 1. The van der Waals surface area contributed by atoms with Crippen molar-refractivity contribution >= 4 is 11.6 Å². The molecule has 2 heterocycles. The predicted molar refractivity (Wildman–Crippen MR) is 84.0 cm³/mol. The molecule has 0 radical (unpaired) electrons. The summed E-state index contributed by atoms with van der Waals surface area (Å²) < 4.78 is 21.1. The lowest BCUT2D eigenvalue weighted by Crippen LogP contribution is -2.51. The standard InChI is InChI=1S/C16H19FN4O2/c1-23-16(5-8-18-9-6-16)15(22)20-12-3-4-14(13(17)11-12)21-10-2-7-19-21/h2-4,7,10-11,18H,5-6,8-9H2,1H3,(H,20,22). The Labute approximate surface area is 133 Å². The Kier molecular flexibility index (Phi) is 4.40. The van der Waals surface area contributed by atoms with Gasteiger partial charge in [-0.3, -0.25) is 4.79 Å². The molecule has 1 aromatic heterocycles. The lowest BCUT2D eigenvalue weighted by Gasteiger charge is -2.34. The minimum Gasteiger partial charge on any atom is -0.368 e. The summed E-state index contributed by atoms with van der Waals surface area (Å²) in [5.41, 5.74) is -0.128. The van der Waals surface area contributed by atoms with Crippen LogP contribution in [0.25, 0.3) is 5.69 Å². The van der Waals surface area contributed by atoms with Crippen molar-refractivity contribution in [2.45, 2.75) is 18.4 Å². The van der Waals surface area contributed by atoms with Gasteiger partial charge in [0.25, 0.3) is 5.91 Å². The maximum Gasteiger partial charge on any atom is 0.256 e. The lowest BCUT2D eigenvalue weighted by atomic mass is 9.91. The first-order valence-corrected chi connectivity index (χ1v) is 7.51. The van der Waals surface area contributed by atoms with Crippen LogP contribution in [0.1, 0.15) is 12.8 Å². The third-order valence-electron chi connectivity index (χ3n) is 4.17. The second-order valence-corrected chi connectivity index (χ2v) is 5.52. The summed E-state index contributed by atoms with van der Waals surface area (Å²) in [7, 11) is 1.53. The molecule has 1 aliphatic heterocycles. The number of aromatic nitrogens is 2. The van der Waals surface area contributed by atoms with E-state index in [9.17, 15) is 9.18 Å². The molecule has 0 unspecified atom stereocenters. The lowest BCUT2D eigenvalue weighted by molar-refractivity contribution is -0.140. The van der Waals surface area contributed by atoms with Crippen LogP contribution in [0.4, 0.5) is 10.1 Å². The van der Waals surface area contributed by atoms with E-state index in [0.29, 0.717) is 37.3 Å². The zero-order valence-corrected chi connectivity index (χ0v) is 12.9. The van der Waals surface area contributed by atoms with E-state index in [1.54, 1.807) is 30.6 Å². The smallest absolute Gasteiger partial charge is 0.256 e. The summed E-state index contributed by atoms with van der Waals surface area (Å²) in [5.74, 6) is -0.698. The van der Waals surface area contributed by atoms with E-state index in [1.807, 2.05) is 0 Å². The average Bonchev–Trinajstić information content (AvgIpc) is 3.09. The molecule has 0 aliphatic carbocycles. The van der Waals surface area contributed by atoms with E-state index in [2.05, 4.69) is 15.7 Å². The van der Waals surface area contributed by atoms with Crippen LogP contribution in [0, 0.1) is 5.82 Å². The Bertz CT molecular complexity index is 681. The van der Waals surface area contributed by atoms with Gasteiger partial charge in [-0.1, -0.05) is 0 Å². The molecule has 0 spiro atoms. The highest BCUT2D eigenvalue weighted by molar-refractivity contribution is 5.97. The molecule has 23 heavy (non-hydrogen) atoms. The SMILES string of the molecule is COC1(C(=O)Nc2ccc(-n3cccn3)c(F)c2)CCNCC1. The zero-order chi connectivity index (χ0) is 16.3. The van der Waals surface area contributed by atoms with E-state index in [4.69, 9.17) is 4.74 Å².